The first kappa shape index (κ1) is 13.5. The van der Waals surface area contributed by atoms with Crippen molar-refractivity contribution in [1.82, 2.24) is 4.98 Å². The van der Waals surface area contributed by atoms with Crippen molar-refractivity contribution in [3.63, 3.8) is 0 Å². The Morgan fingerprint density at radius 2 is 1.86 bits per heavy atom. The van der Waals surface area contributed by atoms with E-state index < -0.39 is 0 Å². The summed E-state index contributed by atoms with van der Waals surface area (Å²) < 4.78 is 6.95. The Bertz CT molecular complexity index is 891. The lowest BCUT2D eigenvalue weighted by atomic mass is 9.98. The molecule has 22 heavy (non-hydrogen) atoms. The number of benzene rings is 2. The molecular weight excluding hydrogens is 342 g/mol. The maximum atomic E-state index is 12.3. The van der Waals surface area contributed by atoms with Gasteiger partial charge in [0, 0.05) is 9.86 Å². The first-order valence-electron chi connectivity index (χ1n) is 7.06. The summed E-state index contributed by atoms with van der Waals surface area (Å²) in [6, 6.07) is 17.2. The van der Waals surface area contributed by atoms with Crippen LogP contribution in [0.1, 0.15) is 28.6 Å². The fourth-order valence-electron chi connectivity index (χ4n) is 2.75. The van der Waals surface area contributed by atoms with Crippen LogP contribution in [-0.2, 0) is 0 Å². The predicted molar refractivity (Wildman–Crippen MR) is 88.2 cm³/mol. The van der Waals surface area contributed by atoms with Crippen molar-refractivity contribution in [3.05, 3.63) is 70.3 Å². The normalized spacial score (nSPS) is 17.1. The van der Waals surface area contributed by atoms with Crippen molar-refractivity contribution in [3.8, 4) is 5.75 Å². The fraction of sp³-hybridized carbons (Fsp3) is 0.111. The standard InChI is InChI=1S/C18H12BrNO2/c19-13-9-15(20-14-7-3-1-5-11(13)14)18-10-16(21)12-6-2-4-8-17(12)22-18/h1-9,18H,10H2. The number of carbonyl (C=O) groups excluding carboxylic acids is 1. The molecule has 0 saturated carbocycles. The third-order valence-electron chi connectivity index (χ3n) is 3.84. The first-order valence-corrected chi connectivity index (χ1v) is 7.86. The molecule has 1 aliphatic rings. The minimum absolute atomic E-state index is 0.0953. The number of ether oxygens (including phenoxy) is 1. The Balaban J connectivity index is 1.79. The number of rotatable bonds is 1. The number of ketones is 1. The highest BCUT2D eigenvalue weighted by Gasteiger charge is 2.28. The van der Waals surface area contributed by atoms with E-state index >= 15 is 0 Å². The zero-order chi connectivity index (χ0) is 15.1. The second-order valence-electron chi connectivity index (χ2n) is 5.28. The first-order chi connectivity index (χ1) is 10.7. The Morgan fingerprint density at radius 1 is 1.09 bits per heavy atom. The van der Waals surface area contributed by atoms with Crippen molar-refractivity contribution >= 4 is 32.6 Å². The van der Waals surface area contributed by atoms with Crippen LogP contribution in [0.2, 0.25) is 0 Å². The van der Waals surface area contributed by atoms with Gasteiger partial charge in [-0.25, -0.2) is 4.98 Å². The largest absolute Gasteiger partial charge is 0.483 e. The number of para-hydroxylation sites is 2. The SMILES string of the molecule is O=C1CC(c2cc(Br)c3ccccc3n2)Oc2ccccc21. The van der Waals surface area contributed by atoms with Crippen LogP contribution in [-0.4, -0.2) is 10.8 Å². The summed E-state index contributed by atoms with van der Waals surface area (Å²) in [6.07, 6.45) is -0.0299. The van der Waals surface area contributed by atoms with Crippen LogP contribution >= 0.6 is 15.9 Å². The molecular formula is C18H12BrNO2. The average molecular weight is 354 g/mol. The molecule has 1 aliphatic heterocycles. The van der Waals surface area contributed by atoms with Crippen molar-refractivity contribution in [2.24, 2.45) is 0 Å². The topological polar surface area (TPSA) is 39.2 Å². The number of hydrogen-bond donors (Lipinski definition) is 0. The van der Waals surface area contributed by atoms with Gasteiger partial charge < -0.3 is 4.74 Å². The van der Waals surface area contributed by atoms with Gasteiger partial charge in [-0.3, -0.25) is 4.79 Å². The third-order valence-corrected chi connectivity index (χ3v) is 4.50. The number of aromatic nitrogens is 1. The minimum atomic E-state index is -0.344. The van der Waals surface area contributed by atoms with Gasteiger partial charge in [-0.15, -0.1) is 0 Å². The van der Waals surface area contributed by atoms with E-state index in [1.807, 2.05) is 48.5 Å². The Labute approximate surface area is 136 Å². The Morgan fingerprint density at radius 3 is 2.77 bits per heavy atom. The number of halogens is 1. The average Bonchev–Trinajstić information content (AvgIpc) is 2.55. The lowest BCUT2D eigenvalue weighted by molar-refractivity contribution is 0.0845. The lowest BCUT2D eigenvalue weighted by Crippen LogP contribution is -2.21. The number of pyridine rings is 1. The second kappa shape index (κ2) is 5.21. The fourth-order valence-corrected chi connectivity index (χ4v) is 3.32. The van der Waals surface area contributed by atoms with Crippen LogP contribution in [0.5, 0.6) is 5.75 Å². The lowest BCUT2D eigenvalue weighted by Gasteiger charge is -2.25. The van der Waals surface area contributed by atoms with Crippen molar-refractivity contribution in [2.45, 2.75) is 12.5 Å². The van der Waals surface area contributed by atoms with Crippen LogP contribution < -0.4 is 4.74 Å². The molecule has 3 nitrogen and oxygen atoms in total. The third kappa shape index (κ3) is 2.20. The molecule has 1 atom stereocenters. The quantitative estimate of drug-likeness (QED) is 0.636. The highest BCUT2D eigenvalue weighted by Crippen LogP contribution is 2.35. The van der Waals surface area contributed by atoms with Crippen molar-refractivity contribution < 1.29 is 9.53 Å². The van der Waals surface area contributed by atoms with Gasteiger partial charge in [0.25, 0.3) is 0 Å². The van der Waals surface area contributed by atoms with E-state index in [-0.39, 0.29) is 11.9 Å². The van der Waals surface area contributed by atoms with Gasteiger partial charge in [-0.1, -0.05) is 46.3 Å². The summed E-state index contributed by atoms with van der Waals surface area (Å²) in [4.78, 5) is 17.0. The molecule has 0 aliphatic carbocycles. The van der Waals surface area contributed by atoms with E-state index in [0.29, 0.717) is 17.7 Å². The molecule has 0 fully saturated rings. The number of Topliss-reactive ketones (excluding diaryl/α,β-unsaturated/α-hetero) is 1. The van der Waals surface area contributed by atoms with Gasteiger partial charge in [0.15, 0.2) is 5.78 Å². The van der Waals surface area contributed by atoms with Crippen molar-refractivity contribution in [1.29, 1.82) is 0 Å². The molecule has 0 saturated heterocycles. The van der Waals surface area contributed by atoms with Gasteiger partial charge in [-0.2, -0.15) is 0 Å². The van der Waals surface area contributed by atoms with E-state index in [0.717, 1.165) is 21.1 Å². The van der Waals surface area contributed by atoms with E-state index in [2.05, 4.69) is 20.9 Å². The van der Waals surface area contributed by atoms with Crippen molar-refractivity contribution in [2.75, 3.05) is 0 Å². The van der Waals surface area contributed by atoms with Gasteiger partial charge in [0.1, 0.15) is 11.9 Å². The molecule has 4 heteroatoms. The second-order valence-corrected chi connectivity index (χ2v) is 6.13. The molecule has 2 heterocycles. The van der Waals surface area contributed by atoms with Gasteiger partial charge in [0.2, 0.25) is 0 Å². The molecule has 0 bridgehead atoms. The number of nitrogens with zero attached hydrogens (tertiary/aromatic N) is 1. The van der Waals surface area contributed by atoms with E-state index in [4.69, 9.17) is 4.74 Å². The van der Waals surface area contributed by atoms with Gasteiger partial charge in [-0.05, 0) is 24.3 Å². The monoisotopic (exact) mass is 353 g/mol. The van der Waals surface area contributed by atoms with Crippen LogP contribution in [0, 0.1) is 0 Å². The molecule has 3 aromatic rings. The Kier molecular flexibility index (Phi) is 3.19. The summed E-state index contributed by atoms with van der Waals surface area (Å²) >= 11 is 3.58. The van der Waals surface area contributed by atoms with Gasteiger partial charge >= 0.3 is 0 Å². The highest BCUT2D eigenvalue weighted by molar-refractivity contribution is 9.10. The smallest absolute Gasteiger partial charge is 0.170 e. The molecule has 108 valence electrons. The molecule has 0 radical (unpaired) electrons. The van der Waals surface area contributed by atoms with E-state index in [1.165, 1.54) is 0 Å². The van der Waals surface area contributed by atoms with Crippen LogP contribution in [0.3, 0.4) is 0 Å². The number of hydrogen-bond acceptors (Lipinski definition) is 3. The highest BCUT2D eigenvalue weighted by atomic mass is 79.9. The molecule has 1 unspecified atom stereocenters. The number of carbonyl (C=O) groups is 1. The summed E-state index contributed by atoms with van der Waals surface area (Å²) in [7, 11) is 0. The summed E-state index contributed by atoms with van der Waals surface area (Å²) in [5, 5.41) is 1.05. The maximum absolute atomic E-state index is 12.3. The van der Waals surface area contributed by atoms with Crippen LogP contribution in [0.4, 0.5) is 0 Å². The maximum Gasteiger partial charge on any atom is 0.170 e. The summed E-state index contributed by atoms with van der Waals surface area (Å²) in [5.41, 5.74) is 2.31. The number of fused-ring (bicyclic) bond motifs is 2. The molecule has 0 amide bonds. The predicted octanol–water partition coefficient (Wildman–Crippen LogP) is 4.70. The van der Waals surface area contributed by atoms with E-state index in [9.17, 15) is 4.79 Å². The molecule has 0 N–H and O–H groups in total. The van der Waals surface area contributed by atoms with E-state index in [1.54, 1.807) is 6.07 Å². The molecule has 1 aromatic heterocycles. The Hall–Kier alpha value is -2.20. The minimum Gasteiger partial charge on any atom is -0.483 e. The zero-order valence-electron chi connectivity index (χ0n) is 11.6. The molecule has 0 spiro atoms. The summed E-state index contributed by atoms with van der Waals surface area (Å²) in [5.74, 6) is 0.729. The zero-order valence-corrected chi connectivity index (χ0v) is 13.2. The molecule has 2 aromatic carbocycles. The summed E-state index contributed by atoms with van der Waals surface area (Å²) in [6.45, 7) is 0. The van der Waals surface area contributed by atoms with Gasteiger partial charge in [0.05, 0.1) is 23.2 Å². The van der Waals surface area contributed by atoms with Crippen LogP contribution in [0.15, 0.2) is 59.1 Å². The molecule has 4 rings (SSSR count). The van der Waals surface area contributed by atoms with Crippen LogP contribution in [0.25, 0.3) is 10.9 Å².